The van der Waals surface area contributed by atoms with E-state index in [0.29, 0.717) is 16.0 Å². The molecule has 0 aliphatic carbocycles. The minimum absolute atomic E-state index is 0.105. The quantitative estimate of drug-likeness (QED) is 0.414. The predicted molar refractivity (Wildman–Crippen MR) is 130 cm³/mol. The summed E-state index contributed by atoms with van der Waals surface area (Å²) in [5.74, 6) is -1.07. The lowest BCUT2D eigenvalue weighted by Gasteiger charge is -2.06. The summed E-state index contributed by atoms with van der Waals surface area (Å²) < 4.78 is 0. The lowest BCUT2D eigenvalue weighted by Crippen LogP contribution is -2.28. The number of hydrogen-bond donors (Lipinski definition) is 2. The van der Waals surface area contributed by atoms with E-state index in [1.807, 2.05) is 66.0 Å². The summed E-state index contributed by atoms with van der Waals surface area (Å²) in [6, 6.07) is 19.0. The van der Waals surface area contributed by atoms with Gasteiger partial charge in [0.15, 0.2) is 5.71 Å². The molecule has 0 atom stereocenters. The number of hydrogen-bond acceptors (Lipinski definition) is 9. The highest BCUT2D eigenvalue weighted by molar-refractivity contribution is 7.14. The Morgan fingerprint density at radius 3 is 2.30 bits per heavy atom. The van der Waals surface area contributed by atoms with Crippen LogP contribution in [-0.4, -0.2) is 33.2 Å². The number of rotatable bonds is 6. The van der Waals surface area contributed by atoms with Crippen molar-refractivity contribution in [3.8, 4) is 11.3 Å². The van der Waals surface area contributed by atoms with Crippen LogP contribution in [-0.2, 0) is 4.79 Å². The molecule has 2 amide bonds. The molecule has 0 bridgehead atoms. The fraction of sp³-hybridized carbons (Fsp3) is 0. The van der Waals surface area contributed by atoms with Crippen molar-refractivity contribution < 1.29 is 9.59 Å². The van der Waals surface area contributed by atoms with Crippen molar-refractivity contribution in [3.63, 3.8) is 0 Å². The van der Waals surface area contributed by atoms with Gasteiger partial charge in [0.25, 0.3) is 5.91 Å². The number of hydrazone groups is 2. The minimum Gasteiger partial charge on any atom is -0.364 e. The number of primary amides is 1. The summed E-state index contributed by atoms with van der Waals surface area (Å²) in [7, 11) is 0. The van der Waals surface area contributed by atoms with Crippen LogP contribution in [0.4, 0.5) is 10.3 Å². The highest BCUT2D eigenvalue weighted by Crippen LogP contribution is 2.30. The van der Waals surface area contributed by atoms with E-state index in [0.717, 1.165) is 28.2 Å². The number of benzene rings is 2. The predicted octanol–water partition coefficient (Wildman–Crippen LogP) is 3.58. The van der Waals surface area contributed by atoms with Gasteiger partial charge in [-0.1, -0.05) is 60.7 Å². The zero-order chi connectivity index (χ0) is 22.8. The van der Waals surface area contributed by atoms with Gasteiger partial charge in [0.1, 0.15) is 11.4 Å². The summed E-state index contributed by atoms with van der Waals surface area (Å²) in [6.45, 7) is 0. The lowest BCUT2D eigenvalue weighted by molar-refractivity contribution is -0.112. The second-order valence-corrected chi connectivity index (χ2v) is 8.48. The first-order valence-electron chi connectivity index (χ1n) is 9.69. The van der Waals surface area contributed by atoms with Gasteiger partial charge in [0, 0.05) is 21.9 Å². The number of carbonyl (C=O) groups is 2. The Bertz CT molecular complexity index is 1390. The first-order valence-corrected chi connectivity index (χ1v) is 11.4. The Hall–Kier alpha value is -4.22. The third-order valence-electron chi connectivity index (χ3n) is 4.63. The van der Waals surface area contributed by atoms with Crippen LogP contribution in [0.3, 0.4) is 0 Å². The highest BCUT2D eigenvalue weighted by Gasteiger charge is 2.35. The maximum Gasteiger partial charge on any atom is 0.303 e. The van der Waals surface area contributed by atoms with E-state index in [4.69, 9.17) is 5.73 Å². The molecule has 1 aliphatic rings. The van der Waals surface area contributed by atoms with Gasteiger partial charge in [0.2, 0.25) is 10.3 Å². The van der Waals surface area contributed by atoms with E-state index in [1.165, 1.54) is 21.7 Å². The SMILES string of the molecule is NC(=O)c1csc(N/N=C2\C(=O)N(c3nc(-c4ccccc4)cs3)N=C2c2ccccc2)n1. The molecule has 11 heteroatoms. The minimum atomic E-state index is -0.639. The molecule has 0 unspecified atom stereocenters. The van der Waals surface area contributed by atoms with Crippen molar-refractivity contribution >= 4 is 56.2 Å². The molecule has 2 aromatic carbocycles. The molecule has 3 N–H and O–H groups in total. The number of nitrogens with two attached hydrogens (primary N) is 1. The second-order valence-electron chi connectivity index (χ2n) is 6.79. The maximum absolute atomic E-state index is 13.3. The zero-order valence-electron chi connectivity index (χ0n) is 16.9. The van der Waals surface area contributed by atoms with E-state index in [2.05, 4.69) is 25.6 Å². The molecule has 0 radical (unpaired) electrons. The molecule has 2 aromatic heterocycles. The van der Waals surface area contributed by atoms with Gasteiger partial charge in [-0.25, -0.2) is 9.97 Å². The van der Waals surface area contributed by atoms with Gasteiger partial charge in [-0.05, 0) is 0 Å². The molecular weight excluding hydrogens is 458 g/mol. The van der Waals surface area contributed by atoms with Crippen LogP contribution < -0.4 is 16.2 Å². The molecule has 0 saturated carbocycles. The molecule has 0 spiro atoms. The van der Waals surface area contributed by atoms with E-state index in [9.17, 15) is 9.59 Å². The van der Waals surface area contributed by atoms with Crippen LogP contribution in [0.15, 0.2) is 81.6 Å². The molecule has 0 saturated heterocycles. The van der Waals surface area contributed by atoms with Crippen LogP contribution in [0.5, 0.6) is 0 Å². The Labute approximate surface area is 195 Å². The van der Waals surface area contributed by atoms with Crippen molar-refractivity contribution in [3.05, 3.63) is 82.7 Å². The summed E-state index contributed by atoms with van der Waals surface area (Å²) in [4.78, 5) is 33.2. The Morgan fingerprint density at radius 2 is 1.64 bits per heavy atom. The van der Waals surface area contributed by atoms with Crippen molar-refractivity contribution in [1.29, 1.82) is 0 Å². The van der Waals surface area contributed by atoms with Gasteiger partial charge in [0.05, 0.1) is 5.69 Å². The first-order chi connectivity index (χ1) is 16.1. The number of amides is 2. The maximum atomic E-state index is 13.3. The third kappa shape index (κ3) is 4.14. The smallest absolute Gasteiger partial charge is 0.303 e. The van der Waals surface area contributed by atoms with Crippen LogP contribution in [0.2, 0.25) is 0 Å². The molecule has 4 aromatic rings. The van der Waals surface area contributed by atoms with Crippen LogP contribution >= 0.6 is 22.7 Å². The van der Waals surface area contributed by atoms with Gasteiger partial charge >= 0.3 is 5.91 Å². The number of anilines is 2. The Kier molecular flexibility index (Phi) is 5.47. The van der Waals surface area contributed by atoms with Crippen molar-refractivity contribution in [2.24, 2.45) is 15.9 Å². The standard InChI is InChI=1S/C22H15N7O2S2/c23-19(30)16-12-32-21(24-16)27-26-18-17(14-9-5-2-6-10-14)28-29(20(18)31)22-25-15(11-33-22)13-7-3-1-4-8-13/h1-12H,(H2,23,30)(H,24,27)/b26-18-. The molecular formula is C22H15N7O2S2. The van der Waals surface area contributed by atoms with E-state index in [1.54, 1.807) is 0 Å². The van der Waals surface area contributed by atoms with Crippen molar-refractivity contribution in [1.82, 2.24) is 9.97 Å². The molecule has 33 heavy (non-hydrogen) atoms. The fourth-order valence-electron chi connectivity index (χ4n) is 3.06. The number of carbonyl (C=O) groups excluding carboxylic acids is 2. The third-order valence-corrected chi connectivity index (χ3v) is 6.19. The summed E-state index contributed by atoms with van der Waals surface area (Å²) in [5.41, 5.74) is 11.0. The number of nitrogens with one attached hydrogen (secondary N) is 1. The van der Waals surface area contributed by atoms with Gasteiger partial charge < -0.3 is 5.73 Å². The monoisotopic (exact) mass is 473 g/mol. The number of nitrogens with zero attached hydrogens (tertiary/aromatic N) is 5. The van der Waals surface area contributed by atoms with Crippen LogP contribution in [0, 0.1) is 0 Å². The summed E-state index contributed by atoms with van der Waals surface area (Å²) >= 11 is 2.47. The first kappa shape index (κ1) is 20.7. The molecule has 1 aliphatic heterocycles. The van der Waals surface area contributed by atoms with Crippen LogP contribution in [0.1, 0.15) is 16.1 Å². The van der Waals surface area contributed by atoms with E-state index in [-0.39, 0.29) is 11.4 Å². The Morgan fingerprint density at radius 1 is 0.939 bits per heavy atom. The molecule has 3 heterocycles. The molecule has 162 valence electrons. The summed E-state index contributed by atoms with van der Waals surface area (Å²) in [6.07, 6.45) is 0. The van der Waals surface area contributed by atoms with Gasteiger partial charge in [-0.15, -0.1) is 22.7 Å². The topological polar surface area (TPSA) is 126 Å². The Balaban J connectivity index is 1.49. The largest absolute Gasteiger partial charge is 0.364 e. The average molecular weight is 474 g/mol. The second kappa shape index (κ2) is 8.73. The van der Waals surface area contributed by atoms with Crippen LogP contribution in [0.25, 0.3) is 11.3 Å². The van der Waals surface area contributed by atoms with E-state index >= 15 is 0 Å². The lowest BCUT2D eigenvalue weighted by atomic mass is 10.1. The normalized spacial score (nSPS) is 14.5. The van der Waals surface area contributed by atoms with Gasteiger partial charge in [-0.2, -0.15) is 15.2 Å². The van der Waals surface area contributed by atoms with Crippen molar-refractivity contribution in [2.75, 3.05) is 10.4 Å². The zero-order valence-corrected chi connectivity index (χ0v) is 18.5. The van der Waals surface area contributed by atoms with E-state index < -0.39 is 11.8 Å². The molecule has 9 nitrogen and oxygen atoms in total. The number of thiazole rings is 2. The average Bonchev–Trinajstić information content (AvgIpc) is 3.58. The summed E-state index contributed by atoms with van der Waals surface area (Å²) in [5, 5.41) is 14.2. The van der Waals surface area contributed by atoms with Crippen molar-refractivity contribution in [2.45, 2.75) is 0 Å². The highest BCUT2D eigenvalue weighted by atomic mass is 32.1. The molecule has 0 fully saturated rings. The van der Waals surface area contributed by atoms with Gasteiger partial charge in [-0.3, -0.25) is 15.0 Å². The fourth-order valence-corrected chi connectivity index (χ4v) is 4.48. The number of aromatic nitrogens is 2. The molecule has 5 rings (SSSR count).